The zero-order valence-corrected chi connectivity index (χ0v) is 9.25. The minimum absolute atomic E-state index is 0.233. The third-order valence-corrected chi connectivity index (χ3v) is 2.59. The number of hydrogen-bond donors (Lipinski definition) is 3. The molecule has 0 aliphatic heterocycles. The van der Waals surface area contributed by atoms with Crippen molar-refractivity contribution in [1.82, 2.24) is 10.3 Å². The van der Waals surface area contributed by atoms with E-state index in [-0.39, 0.29) is 13.0 Å². The van der Waals surface area contributed by atoms with Crippen molar-refractivity contribution in [3.63, 3.8) is 0 Å². The third kappa shape index (κ3) is 4.87. The first-order valence-corrected chi connectivity index (χ1v) is 5.47. The monoisotopic (exact) mass is 230 g/mol. The smallest absolute Gasteiger partial charge is 0.306 e. The minimum atomic E-state index is -0.992. The van der Waals surface area contributed by atoms with Crippen LogP contribution in [0.4, 0.5) is 0 Å². The Labute approximate surface area is 91.8 Å². The van der Waals surface area contributed by atoms with E-state index < -0.39 is 12.1 Å². The predicted octanol–water partition coefficient (Wildman–Crippen LogP) is 0.377. The maximum absolute atomic E-state index is 10.2. The Bertz CT molecular complexity index is 327. The number of nitrogens with one attached hydrogen (secondary N) is 1. The summed E-state index contributed by atoms with van der Waals surface area (Å²) in [6, 6.07) is 0. The third-order valence-electron chi connectivity index (χ3n) is 1.76. The molecular formula is C9H14N2O3S. The van der Waals surface area contributed by atoms with Gasteiger partial charge in [0, 0.05) is 18.5 Å². The lowest BCUT2D eigenvalue weighted by Crippen LogP contribution is -2.28. The van der Waals surface area contributed by atoms with Crippen molar-refractivity contribution in [3.8, 4) is 0 Å². The maximum atomic E-state index is 10.2. The van der Waals surface area contributed by atoms with E-state index in [4.69, 9.17) is 5.11 Å². The summed E-state index contributed by atoms with van der Waals surface area (Å²) in [5.41, 5.74) is 0.917. The molecule has 1 heterocycles. The largest absolute Gasteiger partial charge is 0.481 e. The number of hydrogen-bond acceptors (Lipinski definition) is 5. The molecule has 0 radical (unpaired) electrons. The van der Waals surface area contributed by atoms with Gasteiger partial charge in [-0.1, -0.05) is 0 Å². The summed E-state index contributed by atoms with van der Waals surface area (Å²) in [6.07, 6.45) is -1.08. The number of aliphatic carboxylic acids is 1. The fraction of sp³-hybridized carbons (Fsp3) is 0.556. The molecule has 1 aromatic heterocycles. The molecule has 0 aromatic carbocycles. The number of carboxylic acids is 1. The van der Waals surface area contributed by atoms with E-state index in [1.54, 1.807) is 11.3 Å². The quantitative estimate of drug-likeness (QED) is 0.658. The molecule has 6 heteroatoms. The van der Waals surface area contributed by atoms with Crippen LogP contribution < -0.4 is 5.32 Å². The fourth-order valence-electron chi connectivity index (χ4n) is 1.13. The molecule has 3 N–H and O–H groups in total. The molecule has 0 aliphatic rings. The molecule has 15 heavy (non-hydrogen) atoms. The average molecular weight is 230 g/mol. The Morgan fingerprint density at radius 3 is 3.00 bits per heavy atom. The molecule has 1 unspecified atom stereocenters. The molecule has 0 bridgehead atoms. The molecule has 1 rings (SSSR count). The average Bonchev–Trinajstić information content (AvgIpc) is 2.50. The number of carboxylic acid groups (broad SMARTS) is 1. The second-order valence-corrected chi connectivity index (χ2v) is 4.30. The van der Waals surface area contributed by atoms with Gasteiger partial charge in [-0.2, -0.15) is 0 Å². The van der Waals surface area contributed by atoms with Gasteiger partial charge in [0.05, 0.1) is 23.2 Å². The van der Waals surface area contributed by atoms with E-state index in [0.717, 1.165) is 10.7 Å². The highest BCUT2D eigenvalue weighted by Gasteiger charge is 2.08. The van der Waals surface area contributed by atoms with Crippen LogP contribution in [-0.2, 0) is 11.3 Å². The summed E-state index contributed by atoms with van der Waals surface area (Å²) >= 11 is 1.57. The van der Waals surface area contributed by atoms with E-state index >= 15 is 0 Å². The van der Waals surface area contributed by atoms with Crippen molar-refractivity contribution < 1.29 is 15.0 Å². The predicted molar refractivity (Wildman–Crippen MR) is 56.8 cm³/mol. The summed E-state index contributed by atoms with van der Waals surface area (Å²) in [5, 5.41) is 23.5. The number of aromatic nitrogens is 1. The van der Waals surface area contributed by atoms with Gasteiger partial charge < -0.3 is 15.5 Å². The van der Waals surface area contributed by atoms with Crippen LogP contribution in [0, 0.1) is 6.92 Å². The SMILES string of the molecule is Cc1nc(CNCC(O)CC(=O)O)cs1. The summed E-state index contributed by atoms with van der Waals surface area (Å²) < 4.78 is 0. The molecule has 84 valence electrons. The second-order valence-electron chi connectivity index (χ2n) is 3.24. The Kier molecular flexibility index (Phi) is 4.67. The Hall–Kier alpha value is -0.980. The summed E-state index contributed by atoms with van der Waals surface area (Å²) in [4.78, 5) is 14.5. The van der Waals surface area contributed by atoms with Gasteiger partial charge in [0.1, 0.15) is 0 Å². The van der Waals surface area contributed by atoms with Gasteiger partial charge in [-0.05, 0) is 6.92 Å². The lowest BCUT2D eigenvalue weighted by Gasteiger charge is -2.07. The van der Waals surface area contributed by atoms with Crippen LogP contribution in [0.1, 0.15) is 17.1 Å². The lowest BCUT2D eigenvalue weighted by atomic mass is 10.2. The molecule has 0 spiro atoms. The van der Waals surface area contributed by atoms with E-state index in [2.05, 4.69) is 10.3 Å². The molecule has 1 aromatic rings. The van der Waals surface area contributed by atoms with Crippen LogP contribution in [0.3, 0.4) is 0 Å². The van der Waals surface area contributed by atoms with Crippen molar-refractivity contribution in [2.24, 2.45) is 0 Å². The Morgan fingerprint density at radius 1 is 1.73 bits per heavy atom. The van der Waals surface area contributed by atoms with Gasteiger partial charge >= 0.3 is 5.97 Å². The number of nitrogens with zero attached hydrogens (tertiary/aromatic N) is 1. The molecule has 0 saturated carbocycles. The van der Waals surface area contributed by atoms with Gasteiger partial charge in [0.25, 0.3) is 0 Å². The molecular weight excluding hydrogens is 216 g/mol. The number of rotatable bonds is 6. The van der Waals surface area contributed by atoms with E-state index in [0.29, 0.717) is 6.54 Å². The van der Waals surface area contributed by atoms with Crippen LogP contribution in [0.25, 0.3) is 0 Å². The first kappa shape index (κ1) is 12.1. The standard InChI is InChI=1S/C9H14N2O3S/c1-6-11-7(5-15-6)3-10-4-8(12)2-9(13)14/h5,8,10,12H,2-4H2,1H3,(H,13,14). The number of aliphatic hydroxyl groups excluding tert-OH is 1. The minimum Gasteiger partial charge on any atom is -0.481 e. The van der Waals surface area contributed by atoms with Crippen LogP contribution in [0.2, 0.25) is 0 Å². The van der Waals surface area contributed by atoms with Gasteiger partial charge in [-0.3, -0.25) is 4.79 Å². The zero-order chi connectivity index (χ0) is 11.3. The molecule has 0 amide bonds. The van der Waals surface area contributed by atoms with Crippen LogP contribution >= 0.6 is 11.3 Å². The first-order valence-electron chi connectivity index (χ1n) is 4.59. The highest BCUT2D eigenvalue weighted by atomic mass is 32.1. The zero-order valence-electron chi connectivity index (χ0n) is 8.43. The lowest BCUT2D eigenvalue weighted by molar-refractivity contribution is -0.139. The van der Waals surface area contributed by atoms with Crippen LogP contribution in [-0.4, -0.2) is 33.8 Å². The maximum Gasteiger partial charge on any atom is 0.306 e. The van der Waals surface area contributed by atoms with Crippen molar-refractivity contribution in [3.05, 3.63) is 16.1 Å². The van der Waals surface area contributed by atoms with Gasteiger partial charge in [-0.15, -0.1) is 11.3 Å². The van der Waals surface area contributed by atoms with Crippen LogP contribution in [0.5, 0.6) is 0 Å². The van der Waals surface area contributed by atoms with Gasteiger partial charge in [0.2, 0.25) is 0 Å². The molecule has 0 saturated heterocycles. The summed E-state index contributed by atoms with van der Waals surface area (Å²) in [5.74, 6) is -0.992. The van der Waals surface area contributed by atoms with E-state index in [1.165, 1.54) is 0 Å². The topological polar surface area (TPSA) is 82.5 Å². The summed E-state index contributed by atoms with van der Waals surface area (Å²) in [6.45, 7) is 2.75. The molecule has 5 nitrogen and oxygen atoms in total. The van der Waals surface area contributed by atoms with E-state index in [9.17, 15) is 9.90 Å². The molecule has 1 atom stereocenters. The molecule has 0 aliphatic carbocycles. The Balaban J connectivity index is 2.18. The Morgan fingerprint density at radius 2 is 2.47 bits per heavy atom. The highest BCUT2D eigenvalue weighted by molar-refractivity contribution is 7.09. The van der Waals surface area contributed by atoms with Crippen LogP contribution in [0.15, 0.2) is 5.38 Å². The number of carbonyl (C=O) groups is 1. The summed E-state index contributed by atoms with van der Waals surface area (Å²) in [7, 11) is 0. The number of aliphatic hydroxyl groups is 1. The van der Waals surface area contributed by atoms with Gasteiger partial charge in [0.15, 0.2) is 0 Å². The molecule has 0 fully saturated rings. The second kappa shape index (κ2) is 5.79. The van der Waals surface area contributed by atoms with Crippen molar-refractivity contribution in [2.75, 3.05) is 6.54 Å². The number of aryl methyl sites for hydroxylation is 1. The fourth-order valence-corrected chi connectivity index (χ4v) is 1.74. The van der Waals surface area contributed by atoms with E-state index in [1.807, 2.05) is 12.3 Å². The highest BCUT2D eigenvalue weighted by Crippen LogP contribution is 2.07. The number of thiazole rings is 1. The van der Waals surface area contributed by atoms with Crippen molar-refractivity contribution in [2.45, 2.75) is 26.0 Å². The van der Waals surface area contributed by atoms with Gasteiger partial charge in [-0.25, -0.2) is 4.98 Å². The van der Waals surface area contributed by atoms with Crippen molar-refractivity contribution in [1.29, 1.82) is 0 Å². The first-order chi connectivity index (χ1) is 7.08. The normalized spacial score (nSPS) is 12.7. The van der Waals surface area contributed by atoms with Crippen molar-refractivity contribution >= 4 is 17.3 Å².